The Morgan fingerprint density at radius 3 is 2.69 bits per heavy atom. The molecule has 0 aliphatic carbocycles. The third kappa shape index (κ3) is 4.64. The molecule has 1 fully saturated rings. The minimum Gasteiger partial charge on any atom is -0.421 e. The van der Waals surface area contributed by atoms with E-state index in [-0.39, 0.29) is 11.8 Å². The van der Waals surface area contributed by atoms with Gasteiger partial charge in [-0.3, -0.25) is 4.79 Å². The second-order valence-corrected chi connectivity index (χ2v) is 7.08. The first kappa shape index (κ1) is 18.5. The Hall–Kier alpha value is -2.34. The normalized spacial score (nSPS) is 15.0. The third-order valence-corrected chi connectivity index (χ3v) is 4.54. The Kier molecular flexibility index (Phi) is 5.93. The van der Waals surface area contributed by atoms with Crippen molar-refractivity contribution < 1.29 is 9.21 Å². The Labute approximate surface area is 158 Å². The lowest BCUT2D eigenvalue weighted by Crippen LogP contribution is -2.29. The van der Waals surface area contributed by atoms with Crippen LogP contribution in [0.4, 0.5) is 11.4 Å². The Bertz CT molecular complexity index is 795. The van der Waals surface area contributed by atoms with Crippen LogP contribution in [0.2, 0.25) is 5.02 Å². The maximum atomic E-state index is 12.1. The van der Waals surface area contributed by atoms with Crippen LogP contribution in [-0.2, 0) is 4.79 Å². The van der Waals surface area contributed by atoms with Gasteiger partial charge in [0.2, 0.25) is 17.7 Å². The third-order valence-electron chi connectivity index (χ3n) is 4.24. The van der Waals surface area contributed by atoms with Gasteiger partial charge in [0.15, 0.2) is 0 Å². The number of aromatic nitrogens is 2. The van der Waals surface area contributed by atoms with Gasteiger partial charge in [-0.25, -0.2) is 0 Å². The van der Waals surface area contributed by atoms with E-state index in [2.05, 4.69) is 20.4 Å². The van der Waals surface area contributed by atoms with Crippen LogP contribution in [0.15, 0.2) is 28.7 Å². The minimum absolute atomic E-state index is 0.152. The van der Waals surface area contributed by atoms with Crippen molar-refractivity contribution in [2.45, 2.75) is 39.0 Å². The van der Waals surface area contributed by atoms with E-state index >= 15 is 0 Å². The molecule has 1 aromatic heterocycles. The number of rotatable bonds is 5. The molecular formula is C19H23ClN4O2. The maximum absolute atomic E-state index is 12.1. The molecule has 1 aliphatic rings. The van der Waals surface area contributed by atoms with E-state index in [9.17, 15) is 4.79 Å². The van der Waals surface area contributed by atoms with E-state index in [0.29, 0.717) is 22.5 Å². The quantitative estimate of drug-likeness (QED) is 0.781. The number of nitrogens with zero attached hydrogens (tertiary/aromatic N) is 3. The van der Waals surface area contributed by atoms with Gasteiger partial charge >= 0.3 is 0 Å². The number of piperidine rings is 1. The molecule has 7 heteroatoms. The molecule has 3 rings (SSSR count). The van der Waals surface area contributed by atoms with Gasteiger partial charge < -0.3 is 14.6 Å². The Balaban J connectivity index is 1.61. The van der Waals surface area contributed by atoms with E-state index < -0.39 is 0 Å². The van der Waals surface area contributed by atoms with Gasteiger partial charge in [-0.05, 0) is 37.5 Å². The average molecular weight is 375 g/mol. The van der Waals surface area contributed by atoms with Gasteiger partial charge in [-0.2, -0.15) is 0 Å². The summed E-state index contributed by atoms with van der Waals surface area (Å²) in [5, 5.41) is 11.2. The lowest BCUT2D eigenvalue weighted by molar-refractivity contribution is -0.111. The molecule has 0 radical (unpaired) electrons. The second-order valence-electron chi connectivity index (χ2n) is 6.67. The van der Waals surface area contributed by atoms with Crippen LogP contribution >= 0.6 is 11.6 Å². The fraction of sp³-hybridized carbons (Fsp3) is 0.421. The number of benzene rings is 1. The highest BCUT2D eigenvalue weighted by Crippen LogP contribution is 2.30. The number of hydrogen-bond donors (Lipinski definition) is 1. The number of carbonyl (C=O) groups is 1. The highest BCUT2D eigenvalue weighted by Gasteiger charge is 2.14. The molecule has 0 saturated carbocycles. The van der Waals surface area contributed by atoms with E-state index in [1.54, 1.807) is 6.07 Å². The van der Waals surface area contributed by atoms with Crippen LogP contribution in [0.1, 0.15) is 50.8 Å². The van der Waals surface area contributed by atoms with Crippen LogP contribution in [0.5, 0.6) is 0 Å². The Morgan fingerprint density at radius 1 is 1.27 bits per heavy atom. The first-order valence-electron chi connectivity index (χ1n) is 8.90. The number of hydrogen-bond acceptors (Lipinski definition) is 5. The van der Waals surface area contributed by atoms with E-state index in [4.69, 9.17) is 16.0 Å². The van der Waals surface area contributed by atoms with Crippen molar-refractivity contribution in [1.82, 2.24) is 10.2 Å². The summed E-state index contributed by atoms with van der Waals surface area (Å²) >= 11 is 6.41. The van der Waals surface area contributed by atoms with Crippen LogP contribution in [-0.4, -0.2) is 29.2 Å². The van der Waals surface area contributed by atoms with Gasteiger partial charge in [0.25, 0.3) is 0 Å². The lowest BCUT2D eigenvalue weighted by atomic mass is 10.1. The molecular weight excluding hydrogens is 352 g/mol. The molecule has 0 bridgehead atoms. The molecule has 6 nitrogen and oxygen atoms in total. The monoisotopic (exact) mass is 374 g/mol. The molecule has 0 atom stereocenters. The first-order chi connectivity index (χ1) is 12.5. The largest absolute Gasteiger partial charge is 0.421 e. The minimum atomic E-state index is -0.281. The predicted octanol–water partition coefficient (Wildman–Crippen LogP) is 4.49. The number of halogens is 1. The van der Waals surface area contributed by atoms with Crippen LogP contribution in [0.25, 0.3) is 6.08 Å². The molecule has 26 heavy (non-hydrogen) atoms. The molecule has 138 valence electrons. The molecule has 0 spiro atoms. The fourth-order valence-electron chi connectivity index (χ4n) is 2.85. The summed E-state index contributed by atoms with van der Waals surface area (Å²) in [4.78, 5) is 14.4. The van der Waals surface area contributed by atoms with Gasteiger partial charge in [-0.15, -0.1) is 10.2 Å². The highest BCUT2D eigenvalue weighted by molar-refractivity contribution is 6.33. The van der Waals surface area contributed by atoms with Gasteiger partial charge in [-0.1, -0.05) is 25.4 Å². The summed E-state index contributed by atoms with van der Waals surface area (Å²) in [6.45, 7) is 5.98. The standard InChI is InChI=1S/C19H23ClN4O2/c1-13(2)19-23-22-18(26-19)9-8-17(25)21-14-6-7-16(15(20)12-14)24-10-4-3-5-11-24/h6-9,12-13H,3-5,10-11H2,1-2H3,(H,21,25). The molecule has 1 N–H and O–H groups in total. The number of amides is 1. The molecule has 1 amide bonds. The van der Waals surface area contributed by atoms with Crippen molar-refractivity contribution in [3.05, 3.63) is 41.1 Å². The summed E-state index contributed by atoms with van der Waals surface area (Å²) < 4.78 is 5.43. The highest BCUT2D eigenvalue weighted by atomic mass is 35.5. The van der Waals surface area contributed by atoms with Crippen LogP contribution in [0, 0.1) is 0 Å². The van der Waals surface area contributed by atoms with E-state index in [1.165, 1.54) is 31.4 Å². The van der Waals surface area contributed by atoms with E-state index in [1.807, 2.05) is 26.0 Å². The predicted molar refractivity (Wildman–Crippen MR) is 104 cm³/mol. The maximum Gasteiger partial charge on any atom is 0.248 e. The van der Waals surface area contributed by atoms with Crippen molar-refractivity contribution in [3.63, 3.8) is 0 Å². The summed E-state index contributed by atoms with van der Waals surface area (Å²) in [5.41, 5.74) is 1.67. The van der Waals surface area contributed by atoms with Crippen molar-refractivity contribution in [3.8, 4) is 0 Å². The molecule has 2 heterocycles. The van der Waals surface area contributed by atoms with Crippen molar-refractivity contribution in [2.75, 3.05) is 23.3 Å². The fourth-order valence-corrected chi connectivity index (χ4v) is 3.15. The summed E-state index contributed by atoms with van der Waals surface area (Å²) in [5.74, 6) is 0.725. The molecule has 1 aromatic carbocycles. The lowest BCUT2D eigenvalue weighted by Gasteiger charge is -2.29. The SMILES string of the molecule is CC(C)c1nnc(C=CC(=O)Nc2ccc(N3CCCCC3)c(Cl)c2)o1. The topological polar surface area (TPSA) is 71.3 Å². The van der Waals surface area contributed by atoms with Gasteiger partial charge in [0.1, 0.15) is 0 Å². The van der Waals surface area contributed by atoms with Crippen LogP contribution in [0.3, 0.4) is 0 Å². The average Bonchev–Trinajstić information content (AvgIpc) is 3.10. The Morgan fingerprint density at radius 2 is 2.04 bits per heavy atom. The number of anilines is 2. The van der Waals surface area contributed by atoms with Crippen LogP contribution < -0.4 is 10.2 Å². The summed E-state index contributed by atoms with van der Waals surface area (Å²) in [6, 6.07) is 5.60. The molecule has 1 aliphatic heterocycles. The zero-order chi connectivity index (χ0) is 18.5. The summed E-state index contributed by atoms with van der Waals surface area (Å²) in [6.07, 6.45) is 6.51. The molecule has 2 aromatic rings. The second kappa shape index (κ2) is 8.36. The first-order valence-corrected chi connectivity index (χ1v) is 9.27. The van der Waals surface area contributed by atoms with E-state index in [0.717, 1.165) is 18.8 Å². The van der Waals surface area contributed by atoms with Gasteiger partial charge in [0, 0.05) is 36.8 Å². The van der Waals surface area contributed by atoms with Crippen molar-refractivity contribution in [2.24, 2.45) is 0 Å². The van der Waals surface area contributed by atoms with Crippen molar-refractivity contribution >= 4 is 35.0 Å². The molecule has 0 unspecified atom stereocenters. The molecule has 1 saturated heterocycles. The number of carbonyl (C=O) groups excluding carboxylic acids is 1. The zero-order valence-electron chi connectivity index (χ0n) is 15.0. The zero-order valence-corrected chi connectivity index (χ0v) is 15.8. The number of nitrogens with one attached hydrogen (secondary N) is 1. The smallest absolute Gasteiger partial charge is 0.248 e. The van der Waals surface area contributed by atoms with Crippen molar-refractivity contribution in [1.29, 1.82) is 0 Å². The van der Waals surface area contributed by atoms with Gasteiger partial charge in [0.05, 0.1) is 10.7 Å². The summed E-state index contributed by atoms with van der Waals surface area (Å²) in [7, 11) is 0.